The normalized spacial score (nSPS) is 28.2. The number of nitrogens with one attached hydrogen (secondary N) is 1. The van der Waals surface area contributed by atoms with Crippen LogP contribution in [-0.4, -0.2) is 46.1 Å². The molecule has 1 saturated heterocycles. The zero-order chi connectivity index (χ0) is 16.8. The van der Waals surface area contributed by atoms with Gasteiger partial charge < -0.3 is 15.3 Å². The molecule has 126 valence electrons. The lowest BCUT2D eigenvalue weighted by molar-refractivity contribution is -0.142. The molecule has 7 heteroatoms. The zero-order valence-electron chi connectivity index (χ0n) is 13.0. The summed E-state index contributed by atoms with van der Waals surface area (Å²) in [5, 5.41) is 12.4. The number of anilines is 1. The second-order valence-corrected chi connectivity index (χ2v) is 7.66. The number of rotatable bonds is 2. The predicted molar refractivity (Wildman–Crippen MR) is 89.1 cm³/mol. The van der Waals surface area contributed by atoms with Crippen molar-refractivity contribution in [1.82, 2.24) is 4.90 Å². The number of hydrogen-bond acceptors (Lipinski definition) is 4. The number of carbonyl (C=O) groups excluding carboxylic acids is 2. The Hall–Kier alpha value is -2.02. The number of likely N-dealkylation sites (tertiary alicyclic amines) is 1. The third-order valence-electron chi connectivity index (χ3n) is 5.26. The lowest BCUT2D eigenvalue weighted by Crippen LogP contribution is -2.43. The summed E-state index contributed by atoms with van der Waals surface area (Å²) >= 11 is 1.44. The molecule has 1 aromatic rings. The molecule has 0 aromatic heterocycles. The molecular weight excluding hydrogens is 328 g/mol. The Morgan fingerprint density at radius 2 is 2.12 bits per heavy atom. The van der Waals surface area contributed by atoms with Gasteiger partial charge in [-0.15, -0.1) is 11.8 Å². The number of benzene rings is 1. The summed E-state index contributed by atoms with van der Waals surface area (Å²) in [6.45, 7) is 0.513. The molecule has 0 spiro atoms. The highest BCUT2D eigenvalue weighted by molar-refractivity contribution is 8.00. The summed E-state index contributed by atoms with van der Waals surface area (Å²) in [7, 11) is 0. The van der Waals surface area contributed by atoms with Crippen LogP contribution in [0.4, 0.5) is 5.69 Å². The van der Waals surface area contributed by atoms with Gasteiger partial charge in [-0.25, -0.2) is 4.79 Å². The Morgan fingerprint density at radius 3 is 2.92 bits per heavy atom. The van der Waals surface area contributed by atoms with E-state index in [4.69, 9.17) is 0 Å². The van der Waals surface area contributed by atoms with E-state index in [2.05, 4.69) is 5.32 Å². The Morgan fingerprint density at radius 1 is 1.29 bits per heavy atom. The maximum Gasteiger partial charge on any atom is 0.326 e. The average molecular weight is 346 g/mol. The van der Waals surface area contributed by atoms with E-state index in [0.29, 0.717) is 29.5 Å². The topological polar surface area (TPSA) is 86.7 Å². The van der Waals surface area contributed by atoms with Gasteiger partial charge in [0.05, 0.1) is 11.4 Å². The molecule has 6 nitrogen and oxygen atoms in total. The quantitative estimate of drug-likeness (QED) is 0.856. The Balaban J connectivity index is 1.62. The minimum absolute atomic E-state index is 0.0688. The van der Waals surface area contributed by atoms with Gasteiger partial charge in [-0.1, -0.05) is 6.42 Å². The summed E-state index contributed by atoms with van der Waals surface area (Å²) < 4.78 is 0. The maximum absolute atomic E-state index is 12.9. The molecule has 1 aliphatic carbocycles. The van der Waals surface area contributed by atoms with E-state index in [1.807, 2.05) is 6.07 Å². The highest BCUT2D eigenvalue weighted by Gasteiger charge is 2.49. The fourth-order valence-electron chi connectivity index (χ4n) is 4.21. The summed E-state index contributed by atoms with van der Waals surface area (Å²) in [6, 6.07) is 4.47. The molecule has 1 saturated carbocycles. The standard InChI is InChI=1S/C17H18N2O4S/c20-14-8-24-13-5-4-9(6-12(13)18-14)16(21)19-7-10-2-1-3-11(10)15(19)17(22)23/h4-6,10-11,15H,1-3,7-8H2,(H,18,20)(H,22,23). The van der Waals surface area contributed by atoms with Crippen LogP contribution in [0.25, 0.3) is 0 Å². The number of fused-ring (bicyclic) bond motifs is 2. The SMILES string of the molecule is O=C1CSc2ccc(C(=O)N3CC4CCCC4C3C(=O)O)cc2N1. The van der Waals surface area contributed by atoms with Crippen molar-refractivity contribution in [2.75, 3.05) is 17.6 Å². The Kier molecular flexibility index (Phi) is 3.75. The van der Waals surface area contributed by atoms with E-state index >= 15 is 0 Å². The number of carboxylic acid groups (broad SMARTS) is 1. The third kappa shape index (κ3) is 2.47. The van der Waals surface area contributed by atoms with Crippen LogP contribution in [0.5, 0.6) is 0 Å². The minimum Gasteiger partial charge on any atom is -0.480 e. The molecule has 0 radical (unpaired) electrons. The van der Waals surface area contributed by atoms with Gasteiger partial charge in [0.2, 0.25) is 5.91 Å². The fraction of sp³-hybridized carbons (Fsp3) is 0.471. The van der Waals surface area contributed by atoms with Gasteiger partial charge in [0.15, 0.2) is 0 Å². The van der Waals surface area contributed by atoms with Crippen LogP contribution in [0.2, 0.25) is 0 Å². The van der Waals surface area contributed by atoms with Gasteiger partial charge in [0, 0.05) is 17.0 Å². The minimum atomic E-state index is -0.917. The van der Waals surface area contributed by atoms with Crippen LogP contribution >= 0.6 is 11.8 Å². The number of aliphatic carboxylic acids is 1. The van der Waals surface area contributed by atoms with Crippen LogP contribution in [0.15, 0.2) is 23.1 Å². The lowest BCUT2D eigenvalue weighted by atomic mass is 9.94. The van der Waals surface area contributed by atoms with Crippen LogP contribution in [0.1, 0.15) is 29.6 Å². The van der Waals surface area contributed by atoms with Crippen LogP contribution in [0, 0.1) is 11.8 Å². The van der Waals surface area contributed by atoms with E-state index in [1.54, 1.807) is 12.1 Å². The highest BCUT2D eigenvalue weighted by Crippen LogP contribution is 2.43. The maximum atomic E-state index is 12.9. The first-order valence-corrected chi connectivity index (χ1v) is 9.13. The van der Waals surface area contributed by atoms with Crippen molar-refractivity contribution in [2.45, 2.75) is 30.2 Å². The number of thioether (sulfide) groups is 1. The molecular formula is C17H18N2O4S. The van der Waals surface area contributed by atoms with Crippen LogP contribution < -0.4 is 5.32 Å². The predicted octanol–water partition coefficient (Wildman–Crippen LogP) is 2.06. The molecule has 1 aromatic carbocycles. The molecule has 3 unspecified atom stereocenters. The number of nitrogens with zero attached hydrogens (tertiary/aromatic N) is 1. The van der Waals surface area contributed by atoms with Gasteiger partial charge in [0.25, 0.3) is 5.91 Å². The molecule has 4 rings (SSSR count). The van der Waals surface area contributed by atoms with E-state index in [1.165, 1.54) is 16.7 Å². The first-order chi connectivity index (χ1) is 11.5. The summed E-state index contributed by atoms with van der Waals surface area (Å²) in [5.41, 5.74) is 1.07. The average Bonchev–Trinajstić information content (AvgIpc) is 3.13. The van der Waals surface area contributed by atoms with Gasteiger partial charge in [-0.2, -0.15) is 0 Å². The first kappa shape index (κ1) is 15.5. The van der Waals surface area contributed by atoms with Crippen molar-refractivity contribution in [2.24, 2.45) is 11.8 Å². The van der Waals surface area contributed by atoms with Crippen molar-refractivity contribution >= 4 is 35.2 Å². The molecule has 2 N–H and O–H groups in total. The van der Waals surface area contributed by atoms with Gasteiger partial charge in [0.1, 0.15) is 6.04 Å². The van der Waals surface area contributed by atoms with Gasteiger partial charge in [-0.3, -0.25) is 9.59 Å². The first-order valence-electron chi connectivity index (χ1n) is 8.15. The van der Waals surface area contributed by atoms with Crippen molar-refractivity contribution in [1.29, 1.82) is 0 Å². The molecule has 2 aliphatic heterocycles. The monoisotopic (exact) mass is 346 g/mol. The molecule has 3 atom stereocenters. The van der Waals surface area contributed by atoms with Gasteiger partial charge >= 0.3 is 5.97 Å². The Labute approximate surface area is 143 Å². The van der Waals surface area contributed by atoms with E-state index in [0.717, 1.165) is 24.2 Å². The second-order valence-electron chi connectivity index (χ2n) is 6.64. The van der Waals surface area contributed by atoms with Crippen molar-refractivity contribution in [3.05, 3.63) is 23.8 Å². The Bertz CT molecular complexity index is 735. The molecule has 0 bridgehead atoms. The number of amides is 2. The van der Waals surface area contributed by atoms with E-state index < -0.39 is 12.0 Å². The zero-order valence-corrected chi connectivity index (χ0v) is 13.8. The van der Waals surface area contributed by atoms with E-state index in [-0.39, 0.29) is 17.7 Å². The smallest absolute Gasteiger partial charge is 0.326 e. The summed E-state index contributed by atoms with van der Waals surface area (Å²) in [4.78, 5) is 38.6. The fourth-order valence-corrected chi connectivity index (χ4v) is 5.00. The van der Waals surface area contributed by atoms with Crippen molar-refractivity contribution in [3.63, 3.8) is 0 Å². The lowest BCUT2D eigenvalue weighted by Gasteiger charge is -2.25. The van der Waals surface area contributed by atoms with Crippen LogP contribution in [-0.2, 0) is 9.59 Å². The number of hydrogen-bond donors (Lipinski definition) is 2. The van der Waals surface area contributed by atoms with E-state index in [9.17, 15) is 19.5 Å². The molecule has 3 aliphatic rings. The number of carboxylic acids is 1. The summed E-state index contributed by atoms with van der Waals surface area (Å²) in [5.74, 6) is -0.529. The molecule has 2 heterocycles. The highest BCUT2D eigenvalue weighted by atomic mass is 32.2. The number of carbonyl (C=O) groups is 3. The van der Waals surface area contributed by atoms with Gasteiger partial charge in [-0.05, 0) is 42.9 Å². The molecule has 2 amide bonds. The summed E-state index contributed by atoms with van der Waals surface area (Å²) in [6.07, 6.45) is 2.92. The van der Waals surface area contributed by atoms with Crippen LogP contribution in [0.3, 0.4) is 0 Å². The third-order valence-corrected chi connectivity index (χ3v) is 6.34. The second kappa shape index (κ2) is 5.81. The molecule has 24 heavy (non-hydrogen) atoms. The molecule has 2 fully saturated rings. The van der Waals surface area contributed by atoms with Crippen molar-refractivity contribution < 1.29 is 19.5 Å². The largest absolute Gasteiger partial charge is 0.480 e. The van der Waals surface area contributed by atoms with Crippen molar-refractivity contribution in [3.8, 4) is 0 Å².